The molecule has 0 aliphatic carbocycles. The monoisotopic (exact) mass is 409 g/mol. The van der Waals surface area contributed by atoms with E-state index < -0.39 is 0 Å². The van der Waals surface area contributed by atoms with Gasteiger partial charge in [-0.15, -0.1) is 0 Å². The molecule has 1 fully saturated rings. The fraction of sp³-hybridized carbons (Fsp3) is 0.304. The van der Waals surface area contributed by atoms with Crippen LogP contribution in [0.4, 0.5) is 11.5 Å². The molecule has 1 aliphatic heterocycles. The van der Waals surface area contributed by atoms with Crippen molar-refractivity contribution in [2.45, 2.75) is 31.8 Å². The molecule has 0 spiro atoms. The fourth-order valence-electron chi connectivity index (χ4n) is 3.79. The Bertz CT molecular complexity index is 1030. The third-order valence-corrected chi connectivity index (χ3v) is 5.73. The molecule has 2 atom stereocenters. The lowest BCUT2D eigenvalue weighted by Gasteiger charge is -2.18. The number of halogens is 1. The van der Waals surface area contributed by atoms with Crippen LogP contribution in [0, 0.1) is 0 Å². The number of nitrogens with one attached hydrogen (secondary N) is 1. The number of benzene rings is 2. The molecular weight excluding hydrogens is 386 g/mol. The number of rotatable bonds is 5. The van der Waals surface area contributed by atoms with Crippen molar-refractivity contribution in [2.75, 3.05) is 23.3 Å². The average Bonchev–Trinajstić information content (AvgIpc) is 3.17. The van der Waals surface area contributed by atoms with E-state index in [2.05, 4.69) is 10.2 Å². The van der Waals surface area contributed by atoms with Gasteiger partial charge in [0, 0.05) is 24.9 Å². The summed E-state index contributed by atoms with van der Waals surface area (Å²) >= 11 is 6.40. The minimum absolute atomic E-state index is 0.0810. The van der Waals surface area contributed by atoms with E-state index in [0.717, 1.165) is 35.2 Å². The molecule has 1 aromatic heterocycles. The van der Waals surface area contributed by atoms with Crippen molar-refractivity contribution in [3.63, 3.8) is 0 Å². The molecule has 1 unspecified atom stereocenters. The zero-order chi connectivity index (χ0) is 20.4. The van der Waals surface area contributed by atoms with E-state index in [1.807, 2.05) is 55.5 Å². The molecular formula is C23H24ClN3O2. The summed E-state index contributed by atoms with van der Waals surface area (Å²) in [6.45, 7) is 3.42. The van der Waals surface area contributed by atoms with Crippen LogP contribution in [-0.4, -0.2) is 35.2 Å². The summed E-state index contributed by atoms with van der Waals surface area (Å²) < 4.78 is 0. The highest BCUT2D eigenvalue weighted by Crippen LogP contribution is 2.33. The molecule has 2 heterocycles. The summed E-state index contributed by atoms with van der Waals surface area (Å²) in [5.74, 6) is 0.852. The number of pyridine rings is 1. The standard InChI is InChI=1S/C23H24ClN3O2/c1-15(16-5-3-2-4-6-16)13-22(29)26-23-18-7-10-21(27-12-11-17(28)14-27)25-20(18)9-8-19(23)24/h2-10,15,17,28H,11-14H2,1H3,(H,26,29)/t15?,17-/m1/s1. The summed E-state index contributed by atoms with van der Waals surface area (Å²) in [6, 6.07) is 17.5. The minimum Gasteiger partial charge on any atom is -0.391 e. The number of β-amino-alcohol motifs (C(OH)–C–C–N with tert-alkyl or cyclic N) is 1. The van der Waals surface area contributed by atoms with Crippen molar-refractivity contribution >= 4 is 39.9 Å². The molecule has 2 aromatic carbocycles. The fourth-order valence-corrected chi connectivity index (χ4v) is 4.00. The number of nitrogens with zero attached hydrogens (tertiary/aromatic N) is 2. The molecule has 6 heteroatoms. The molecule has 1 amide bonds. The largest absolute Gasteiger partial charge is 0.391 e. The first-order valence-corrected chi connectivity index (χ1v) is 10.3. The second kappa shape index (κ2) is 8.39. The lowest BCUT2D eigenvalue weighted by Crippen LogP contribution is -2.22. The van der Waals surface area contributed by atoms with Gasteiger partial charge in [0.2, 0.25) is 5.91 Å². The molecule has 0 radical (unpaired) electrons. The Morgan fingerprint density at radius 3 is 2.76 bits per heavy atom. The van der Waals surface area contributed by atoms with Crippen molar-refractivity contribution in [2.24, 2.45) is 0 Å². The molecule has 1 saturated heterocycles. The third kappa shape index (κ3) is 4.36. The van der Waals surface area contributed by atoms with E-state index in [9.17, 15) is 9.90 Å². The molecule has 1 aliphatic rings. The quantitative estimate of drug-likeness (QED) is 0.646. The van der Waals surface area contributed by atoms with Crippen molar-refractivity contribution < 1.29 is 9.90 Å². The van der Waals surface area contributed by atoms with E-state index in [-0.39, 0.29) is 17.9 Å². The number of amides is 1. The molecule has 0 saturated carbocycles. The van der Waals surface area contributed by atoms with Gasteiger partial charge in [-0.3, -0.25) is 4.79 Å². The maximum atomic E-state index is 12.7. The first-order valence-electron chi connectivity index (χ1n) is 9.88. The van der Waals surface area contributed by atoms with Gasteiger partial charge >= 0.3 is 0 Å². The first-order chi connectivity index (χ1) is 14.0. The Morgan fingerprint density at radius 2 is 2.03 bits per heavy atom. The summed E-state index contributed by atoms with van der Waals surface area (Å²) in [5, 5.41) is 14.1. The SMILES string of the molecule is CC(CC(=O)Nc1c(Cl)ccc2nc(N3CC[C@@H](O)C3)ccc12)c1ccccc1. The number of aromatic nitrogens is 1. The Morgan fingerprint density at radius 1 is 1.24 bits per heavy atom. The van der Waals surface area contributed by atoms with Crippen LogP contribution in [0.1, 0.15) is 31.2 Å². The highest BCUT2D eigenvalue weighted by atomic mass is 35.5. The molecule has 3 aromatic rings. The maximum absolute atomic E-state index is 12.7. The zero-order valence-corrected chi connectivity index (χ0v) is 17.1. The van der Waals surface area contributed by atoms with Gasteiger partial charge in [-0.25, -0.2) is 4.98 Å². The number of carbonyl (C=O) groups excluding carboxylic acids is 1. The van der Waals surface area contributed by atoms with Crippen LogP contribution in [0.3, 0.4) is 0 Å². The Kier molecular flexibility index (Phi) is 5.69. The van der Waals surface area contributed by atoms with Gasteiger partial charge in [-0.2, -0.15) is 0 Å². The van der Waals surface area contributed by atoms with Crippen LogP contribution < -0.4 is 10.2 Å². The normalized spacial score (nSPS) is 17.5. The van der Waals surface area contributed by atoms with E-state index in [4.69, 9.17) is 16.6 Å². The highest BCUT2D eigenvalue weighted by molar-refractivity contribution is 6.35. The van der Waals surface area contributed by atoms with Crippen LogP contribution in [0.5, 0.6) is 0 Å². The van der Waals surface area contributed by atoms with Gasteiger partial charge < -0.3 is 15.3 Å². The second-order valence-corrected chi connectivity index (χ2v) is 8.02. The number of fused-ring (bicyclic) bond motifs is 1. The van der Waals surface area contributed by atoms with Crippen molar-refractivity contribution in [3.8, 4) is 0 Å². The number of aliphatic hydroxyl groups excluding tert-OH is 1. The molecule has 29 heavy (non-hydrogen) atoms. The van der Waals surface area contributed by atoms with Crippen LogP contribution in [-0.2, 0) is 4.79 Å². The van der Waals surface area contributed by atoms with Crippen molar-refractivity contribution in [1.82, 2.24) is 4.98 Å². The summed E-state index contributed by atoms with van der Waals surface area (Å²) in [5.41, 5.74) is 2.49. The van der Waals surface area contributed by atoms with Gasteiger partial charge in [-0.1, -0.05) is 48.9 Å². The topological polar surface area (TPSA) is 65.5 Å². The molecule has 4 rings (SSSR count). The lowest BCUT2D eigenvalue weighted by molar-refractivity contribution is -0.116. The number of anilines is 2. The van der Waals surface area contributed by atoms with Gasteiger partial charge in [0.05, 0.1) is 22.3 Å². The summed E-state index contributed by atoms with van der Waals surface area (Å²) in [7, 11) is 0. The van der Waals surface area contributed by atoms with E-state index in [1.165, 1.54) is 0 Å². The first kappa shape index (κ1) is 19.7. The van der Waals surface area contributed by atoms with Crippen molar-refractivity contribution in [1.29, 1.82) is 0 Å². The Balaban J connectivity index is 1.55. The minimum atomic E-state index is -0.306. The van der Waals surface area contributed by atoms with Gasteiger partial charge in [-0.05, 0) is 42.2 Å². The number of carbonyl (C=O) groups is 1. The smallest absolute Gasteiger partial charge is 0.225 e. The zero-order valence-electron chi connectivity index (χ0n) is 16.3. The predicted molar refractivity (Wildman–Crippen MR) is 118 cm³/mol. The highest BCUT2D eigenvalue weighted by Gasteiger charge is 2.22. The van der Waals surface area contributed by atoms with E-state index in [0.29, 0.717) is 23.7 Å². The third-order valence-electron chi connectivity index (χ3n) is 5.42. The Hall–Kier alpha value is -2.63. The van der Waals surface area contributed by atoms with Gasteiger partial charge in [0.25, 0.3) is 0 Å². The molecule has 5 nitrogen and oxygen atoms in total. The average molecular weight is 410 g/mol. The number of hydrogen-bond donors (Lipinski definition) is 2. The molecule has 2 N–H and O–H groups in total. The van der Waals surface area contributed by atoms with Gasteiger partial charge in [0.15, 0.2) is 0 Å². The number of aliphatic hydroxyl groups is 1. The van der Waals surface area contributed by atoms with Crippen LogP contribution in [0.2, 0.25) is 5.02 Å². The van der Waals surface area contributed by atoms with Crippen LogP contribution in [0.15, 0.2) is 54.6 Å². The van der Waals surface area contributed by atoms with E-state index >= 15 is 0 Å². The van der Waals surface area contributed by atoms with Crippen LogP contribution in [0.25, 0.3) is 10.9 Å². The Labute approximate surface area is 175 Å². The molecule has 0 bridgehead atoms. The van der Waals surface area contributed by atoms with E-state index in [1.54, 1.807) is 6.07 Å². The molecule has 150 valence electrons. The predicted octanol–water partition coefficient (Wildman–Crippen LogP) is 4.59. The summed E-state index contributed by atoms with van der Waals surface area (Å²) in [6.07, 6.45) is 0.814. The van der Waals surface area contributed by atoms with Gasteiger partial charge in [0.1, 0.15) is 5.82 Å². The number of hydrogen-bond acceptors (Lipinski definition) is 4. The maximum Gasteiger partial charge on any atom is 0.225 e. The van der Waals surface area contributed by atoms with Crippen molar-refractivity contribution in [3.05, 3.63) is 65.2 Å². The summed E-state index contributed by atoms with van der Waals surface area (Å²) in [4.78, 5) is 19.5. The van der Waals surface area contributed by atoms with Crippen LogP contribution >= 0.6 is 11.6 Å². The lowest BCUT2D eigenvalue weighted by atomic mass is 9.97. The second-order valence-electron chi connectivity index (χ2n) is 7.61.